The number of nitrogens with zero attached hydrogens (tertiary/aromatic N) is 1. The number of halogens is 1. The van der Waals surface area contributed by atoms with Crippen LogP contribution >= 0.6 is 23.8 Å². The molecule has 0 amide bonds. The molecule has 2 aromatic rings. The van der Waals surface area contributed by atoms with E-state index < -0.39 is 0 Å². The predicted molar refractivity (Wildman–Crippen MR) is 71.8 cm³/mol. The number of rotatable bonds is 2. The number of H-pyrrole nitrogens is 1. The van der Waals surface area contributed by atoms with E-state index >= 15 is 0 Å². The van der Waals surface area contributed by atoms with E-state index in [1.165, 1.54) is 18.5 Å². The second kappa shape index (κ2) is 4.24. The molecule has 17 heavy (non-hydrogen) atoms. The smallest absolute Gasteiger partial charge is 0.140 e. The molecule has 0 atom stereocenters. The maximum Gasteiger partial charge on any atom is 0.140 e. The van der Waals surface area contributed by atoms with Crippen molar-refractivity contribution in [3.05, 3.63) is 45.7 Å². The maximum absolute atomic E-state index is 6.16. The van der Waals surface area contributed by atoms with Gasteiger partial charge in [0.2, 0.25) is 0 Å². The number of hydrogen-bond donors (Lipinski definition) is 1. The number of nitrogens with one attached hydrogen (secondary N) is 1. The Hall–Kier alpha value is -1.19. The molecule has 4 heteroatoms. The lowest BCUT2D eigenvalue weighted by molar-refractivity contribution is 0.988. The van der Waals surface area contributed by atoms with Crippen molar-refractivity contribution < 1.29 is 0 Å². The lowest BCUT2D eigenvalue weighted by Gasteiger charge is -2.06. The molecule has 0 unspecified atom stereocenters. The summed E-state index contributed by atoms with van der Waals surface area (Å²) in [6.45, 7) is 0. The topological polar surface area (TPSA) is 28.7 Å². The van der Waals surface area contributed by atoms with E-state index in [0.29, 0.717) is 15.6 Å². The molecule has 86 valence electrons. The van der Waals surface area contributed by atoms with E-state index in [-0.39, 0.29) is 0 Å². The molecule has 1 aromatic heterocycles. The van der Waals surface area contributed by atoms with Gasteiger partial charge in [0, 0.05) is 11.3 Å². The minimum absolute atomic E-state index is 0.626. The van der Waals surface area contributed by atoms with Gasteiger partial charge in [0.05, 0.1) is 5.02 Å². The summed E-state index contributed by atoms with van der Waals surface area (Å²) in [5.41, 5.74) is 2.09. The monoisotopic (exact) mass is 262 g/mol. The Kier molecular flexibility index (Phi) is 2.73. The first kappa shape index (κ1) is 10.9. The van der Waals surface area contributed by atoms with Crippen LogP contribution in [0.25, 0.3) is 11.4 Å². The van der Waals surface area contributed by atoms with Gasteiger partial charge in [-0.1, -0.05) is 36.0 Å². The standard InChI is InChI=1S/C13H11ClN2S/c14-10-4-2-1-3-9(10)13-15-11(8-5-6-8)7-12(17)16-13/h1-4,7-8H,5-6H2,(H,15,16,17). The van der Waals surface area contributed by atoms with Crippen molar-refractivity contribution in [1.82, 2.24) is 9.97 Å². The molecule has 1 heterocycles. The minimum atomic E-state index is 0.626. The molecule has 0 aliphatic heterocycles. The van der Waals surface area contributed by atoms with Gasteiger partial charge < -0.3 is 4.98 Å². The first-order valence-electron chi connectivity index (χ1n) is 5.60. The van der Waals surface area contributed by atoms with Crippen molar-refractivity contribution in [1.29, 1.82) is 0 Å². The van der Waals surface area contributed by atoms with Gasteiger partial charge >= 0.3 is 0 Å². The van der Waals surface area contributed by atoms with Gasteiger partial charge in [-0.05, 0) is 37.0 Å². The van der Waals surface area contributed by atoms with E-state index in [1.807, 2.05) is 30.3 Å². The third kappa shape index (κ3) is 2.26. The summed E-state index contributed by atoms with van der Waals surface area (Å²) in [5, 5.41) is 0.693. The van der Waals surface area contributed by atoms with Crippen molar-refractivity contribution in [3.8, 4) is 11.4 Å². The Balaban J connectivity index is 2.14. The van der Waals surface area contributed by atoms with Crippen LogP contribution in [0.3, 0.4) is 0 Å². The Morgan fingerprint density at radius 1 is 1.29 bits per heavy atom. The van der Waals surface area contributed by atoms with E-state index in [9.17, 15) is 0 Å². The highest BCUT2D eigenvalue weighted by molar-refractivity contribution is 7.71. The first-order valence-corrected chi connectivity index (χ1v) is 6.39. The van der Waals surface area contributed by atoms with Gasteiger partial charge in [0.25, 0.3) is 0 Å². The van der Waals surface area contributed by atoms with Crippen molar-refractivity contribution in [2.45, 2.75) is 18.8 Å². The van der Waals surface area contributed by atoms with Crippen LogP contribution in [-0.4, -0.2) is 9.97 Å². The Morgan fingerprint density at radius 3 is 2.76 bits per heavy atom. The normalized spacial score (nSPS) is 14.9. The highest BCUT2D eigenvalue weighted by Gasteiger charge is 2.25. The SMILES string of the molecule is S=c1cc(C2CC2)[nH]c(-c2ccccc2Cl)n1. The Labute approximate surface area is 110 Å². The molecule has 2 nitrogen and oxygen atoms in total. The summed E-state index contributed by atoms with van der Waals surface area (Å²) in [5.74, 6) is 1.39. The molecule has 0 saturated heterocycles. The molecule has 0 spiro atoms. The summed E-state index contributed by atoms with van der Waals surface area (Å²) >= 11 is 11.4. The molecular formula is C13H11ClN2S. The molecule has 0 bridgehead atoms. The van der Waals surface area contributed by atoms with Crippen LogP contribution < -0.4 is 0 Å². The highest BCUT2D eigenvalue weighted by Crippen LogP contribution is 2.39. The fourth-order valence-corrected chi connectivity index (χ4v) is 2.31. The fraction of sp³-hybridized carbons (Fsp3) is 0.231. The van der Waals surface area contributed by atoms with Gasteiger partial charge in [-0.2, -0.15) is 0 Å². The second-order valence-corrected chi connectivity index (χ2v) is 5.10. The van der Waals surface area contributed by atoms with Crippen molar-refractivity contribution in [2.75, 3.05) is 0 Å². The summed E-state index contributed by atoms with van der Waals surface area (Å²) in [6, 6.07) is 9.62. The zero-order chi connectivity index (χ0) is 11.8. The molecule has 1 aliphatic rings. The van der Waals surface area contributed by atoms with E-state index in [4.69, 9.17) is 23.8 Å². The molecule has 1 N–H and O–H groups in total. The van der Waals surface area contributed by atoms with Gasteiger partial charge in [-0.25, -0.2) is 4.98 Å². The van der Waals surface area contributed by atoms with Crippen molar-refractivity contribution in [3.63, 3.8) is 0 Å². The predicted octanol–water partition coefficient (Wildman–Crippen LogP) is 4.34. The summed E-state index contributed by atoms with van der Waals surface area (Å²) in [6.07, 6.45) is 2.47. The molecular weight excluding hydrogens is 252 g/mol. The molecule has 1 aliphatic carbocycles. The van der Waals surface area contributed by atoms with Crippen LogP contribution in [0, 0.1) is 4.64 Å². The molecule has 3 rings (SSSR count). The third-order valence-electron chi connectivity index (χ3n) is 2.91. The summed E-state index contributed by atoms with van der Waals surface area (Å²) in [4.78, 5) is 7.69. The maximum atomic E-state index is 6.16. The van der Waals surface area contributed by atoms with Crippen LogP contribution in [0.15, 0.2) is 30.3 Å². The van der Waals surface area contributed by atoms with Crippen LogP contribution in [0.5, 0.6) is 0 Å². The first-order chi connectivity index (χ1) is 8.24. The number of aromatic amines is 1. The second-order valence-electron chi connectivity index (χ2n) is 4.28. The van der Waals surface area contributed by atoms with Crippen LogP contribution in [0.1, 0.15) is 24.5 Å². The van der Waals surface area contributed by atoms with Crippen LogP contribution in [-0.2, 0) is 0 Å². The van der Waals surface area contributed by atoms with Gasteiger partial charge in [-0.3, -0.25) is 0 Å². The third-order valence-corrected chi connectivity index (χ3v) is 3.45. The Bertz CT molecular complexity index is 617. The molecule has 1 aromatic carbocycles. The quantitative estimate of drug-likeness (QED) is 0.816. The highest BCUT2D eigenvalue weighted by atomic mass is 35.5. The molecule has 1 saturated carbocycles. The number of aromatic nitrogens is 2. The van der Waals surface area contributed by atoms with Crippen molar-refractivity contribution >= 4 is 23.8 Å². The zero-order valence-corrected chi connectivity index (χ0v) is 10.7. The largest absolute Gasteiger partial charge is 0.343 e. The average molecular weight is 263 g/mol. The van der Waals surface area contributed by atoms with Crippen LogP contribution in [0.4, 0.5) is 0 Å². The minimum Gasteiger partial charge on any atom is -0.343 e. The van der Waals surface area contributed by atoms with Gasteiger partial charge in [0.15, 0.2) is 0 Å². The molecule has 1 fully saturated rings. The fourth-order valence-electron chi connectivity index (χ4n) is 1.87. The zero-order valence-electron chi connectivity index (χ0n) is 9.11. The van der Waals surface area contributed by atoms with Crippen LogP contribution in [0.2, 0.25) is 5.02 Å². The van der Waals surface area contributed by atoms with E-state index in [1.54, 1.807) is 0 Å². The van der Waals surface area contributed by atoms with Gasteiger partial charge in [0.1, 0.15) is 10.5 Å². The van der Waals surface area contributed by atoms with E-state index in [0.717, 1.165) is 11.4 Å². The average Bonchev–Trinajstić information content (AvgIpc) is 3.12. The number of hydrogen-bond acceptors (Lipinski definition) is 2. The van der Waals surface area contributed by atoms with E-state index in [2.05, 4.69) is 9.97 Å². The number of benzene rings is 1. The Morgan fingerprint density at radius 2 is 2.06 bits per heavy atom. The summed E-state index contributed by atoms with van der Waals surface area (Å²) in [7, 11) is 0. The lowest BCUT2D eigenvalue weighted by Crippen LogP contribution is -1.95. The summed E-state index contributed by atoms with van der Waals surface area (Å²) < 4.78 is 0.626. The lowest BCUT2D eigenvalue weighted by atomic mass is 10.2. The molecule has 0 radical (unpaired) electrons. The van der Waals surface area contributed by atoms with Gasteiger partial charge in [-0.15, -0.1) is 0 Å². The van der Waals surface area contributed by atoms with Crippen molar-refractivity contribution in [2.24, 2.45) is 0 Å².